The SMILES string of the molecule is O=C(Nc1ccccc1)c1ccc(Cc2cc(Cl)ccc2OCc2ccccc2)o1. The fraction of sp³-hybridized carbons (Fsp3) is 0.0800. The smallest absolute Gasteiger partial charge is 0.291 e. The van der Waals surface area contributed by atoms with Crippen molar-refractivity contribution in [1.82, 2.24) is 0 Å². The van der Waals surface area contributed by atoms with Gasteiger partial charge in [0.15, 0.2) is 5.76 Å². The van der Waals surface area contributed by atoms with Crippen LogP contribution in [0.3, 0.4) is 0 Å². The number of halogens is 1. The molecule has 1 N–H and O–H groups in total. The Kier molecular flexibility index (Phi) is 6.16. The highest BCUT2D eigenvalue weighted by Gasteiger charge is 2.14. The number of rotatable bonds is 7. The molecule has 4 aromatic rings. The Labute approximate surface area is 180 Å². The zero-order chi connectivity index (χ0) is 20.8. The summed E-state index contributed by atoms with van der Waals surface area (Å²) >= 11 is 6.20. The molecule has 150 valence electrons. The summed E-state index contributed by atoms with van der Waals surface area (Å²) in [7, 11) is 0. The second kappa shape index (κ2) is 9.33. The number of benzene rings is 3. The van der Waals surface area contributed by atoms with Crippen LogP contribution >= 0.6 is 11.6 Å². The maximum atomic E-state index is 12.4. The van der Waals surface area contributed by atoms with E-state index < -0.39 is 0 Å². The molecule has 5 heteroatoms. The van der Waals surface area contributed by atoms with Crippen LogP contribution in [-0.4, -0.2) is 5.91 Å². The van der Waals surface area contributed by atoms with Crippen LogP contribution < -0.4 is 10.1 Å². The van der Waals surface area contributed by atoms with Crippen LogP contribution in [0.1, 0.15) is 27.4 Å². The molecule has 1 aromatic heterocycles. The first kappa shape index (κ1) is 19.8. The molecule has 0 radical (unpaired) electrons. The number of hydrogen-bond acceptors (Lipinski definition) is 3. The van der Waals surface area contributed by atoms with Crippen molar-refractivity contribution in [3.05, 3.63) is 119 Å². The number of para-hydroxylation sites is 1. The summed E-state index contributed by atoms with van der Waals surface area (Å²) in [5, 5.41) is 3.43. The molecule has 0 aliphatic carbocycles. The quantitative estimate of drug-likeness (QED) is 0.381. The van der Waals surface area contributed by atoms with Crippen molar-refractivity contribution in [3.8, 4) is 5.75 Å². The molecular formula is C25H20ClNO3. The van der Waals surface area contributed by atoms with Crippen LogP contribution in [0, 0.1) is 0 Å². The summed E-state index contributed by atoms with van der Waals surface area (Å²) in [6, 6.07) is 28.2. The predicted octanol–water partition coefficient (Wildman–Crippen LogP) is 6.36. The fourth-order valence-electron chi connectivity index (χ4n) is 3.06. The van der Waals surface area contributed by atoms with E-state index in [-0.39, 0.29) is 11.7 Å². The Morgan fingerprint density at radius 3 is 2.40 bits per heavy atom. The fourth-order valence-corrected chi connectivity index (χ4v) is 3.25. The number of carbonyl (C=O) groups excluding carboxylic acids is 1. The van der Waals surface area contributed by atoms with E-state index in [1.165, 1.54) is 0 Å². The lowest BCUT2D eigenvalue weighted by molar-refractivity contribution is 0.0995. The van der Waals surface area contributed by atoms with Gasteiger partial charge in [0.2, 0.25) is 0 Å². The summed E-state index contributed by atoms with van der Waals surface area (Å²) in [5.74, 6) is 1.34. The lowest BCUT2D eigenvalue weighted by Gasteiger charge is -2.11. The maximum absolute atomic E-state index is 12.4. The van der Waals surface area contributed by atoms with Crippen molar-refractivity contribution in [2.75, 3.05) is 5.32 Å². The summed E-state index contributed by atoms with van der Waals surface area (Å²) in [6.07, 6.45) is 0.462. The number of anilines is 1. The van der Waals surface area contributed by atoms with Crippen LogP contribution in [0.15, 0.2) is 95.4 Å². The van der Waals surface area contributed by atoms with Crippen LogP contribution in [0.4, 0.5) is 5.69 Å². The molecule has 0 unspecified atom stereocenters. The number of hydrogen-bond donors (Lipinski definition) is 1. The van der Waals surface area contributed by atoms with Gasteiger partial charge in [-0.1, -0.05) is 60.1 Å². The normalized spacial score (nSPS) is 10.6. The highest BCUT2D eigenvalue weighted by molar-refractivity contribution is 6.30. The van der Waals surface area contributed by atoms with Gasteiger partial charge in [-0.2, -0.15) is 0 Å². The topological polar surface area (TPSA) is 51.5 Å². The van der Waals surface area contributed by atoms with E-state index >= 15 is 0 Å². The first-order valence-corrected chi connectivity index (χ1v) is 9.95. The first-order chi connectivity index (χ1) is 14.7. The maximum Gasteiger partial charge on any atom is 0.291 e. The van der Waals surface area contributed by atoms with Gasteiger partial charge >= 0.3 is 0 Å². The van der Waals surface area contributed by atoms with Gasteiger partial charge in [-0.25, -0.2) is 0 Å². The van der Waals surface area contributed by atoms with Crippen LogP contribution in [0.5, 0.6) is 5.75 Å². The Morgan fingerprint density at radius 2 is 1.63 bits per heavy atom. The van der Waals surface area contributed by atoms with Crippen molar-refractivity contribution in [2.45, 2.75) is 13.0 Å². The molecule has 1 heterocycles. The molecule has 0 saturated heterocycles. The number of amides is 1. The highest BCUT2D eigenvalue weighted by Crippen LogP contribution is 2.27. The molecule has 4 rings (SSSR count). The van der Waals surface area contributed by atoms with E-state index in [9.17, 15) is 4.79 Å². The third-order valence-corrected chi connectivity index (χ3v) is 4.78. The molecule has 1 amide bonds. The van der Waals surface area contributed by atoms with Crippen LogP contribution in [0.25, 0.3) is 0 Å². The minimum absolute atomic E-state index is 0.252. The van der Waals surface area contributed by atoms with Crippen molar-refractivity contribution < 1.29 is 13.9 Å². The lowest BCUT2D eigenvalue weighted by atomic mass is 10.1. The van der Waals surface area contributed by atoms with Crippen molar-refractivity contribution in [2.24, 2.45) is 0 Å². The Balaban J connectivity index is 1.46. The number of ether oxygens (including phenoxy) is 1. The minimum atomic E-state index is -0.293. The number of carbonyl (C=O) groups is 1. The van der Waals surface area contributed by atoms with Crippen molar-refractivity contribution in [3.63, 3.8) is 0 Å². The van der Waals surface area contributed by atoms with Gasteiger partial charge in [-0.3, -0.25) is 4.79 Å². The second-order valence-corrected chi connectivity index (χ2v) is 7.23. The Morgan fingerprint density at radius 1 is 0.900 bits per heavy atom. The number of nitrogens with one attached hydrogen (secondary N) is 1. The van der Waals surface area contributed by atoms with Gasteiger partial charge in [0.1, 0.15) is 18.1 Å². The summed E-state index contributed by atoms with van der Waals surface area (Å²) in [4.78, 5) is 12.4. The predicted molar refractivity (Wildman–Crippen MR) is 118 cm³/mol. The summed E-state index contributed by atoms with van der Waals surface area (Å²) < 4.78 is 11.8. The van der Waals surface area contributed by atoms with Gasteiger partial charge in [0.25, 0.3) is 5.91 Å². The van der Waals surface area contributed by atoms with E-state index in [1.54, 1.807) is 18.2 Å². The molecule has 0 bridgehead atoms. The molecular weight excluding hydrogens is 398 g/mol. The standard InChI is InChI=1S/C25H20ClNO3/c26-20-11-13-23(29-17-18-7-3-1-4-8-18)19(15-20)16-22-12-14-24(30-22)25(28)27-21-9-5-2-6-10-21/h1-15H,16-17H2,(H,27,28). The average molecular weight is 418 g/mol. The highest BCUT2D eigenvalue weighted by atomic mass is 35.5. The van der Waals surface area contributed by atoms with Gasteiger partial charge in [-0.05, 0) is 48.0 Å². The molecule has 0 aliphatic rings. The van der Waals surface area contributed by atoms with Gasteiger partial charge in [0.05, 0.1) is 0 Å². The Bertz CT molecular complexity index is 1120. The van der Waals surface area contributed by atoms with E-state index in [0.29, 0.717) is 29.5 Å². The lowest BCUT2D eigenvalue weighted by Crippen LogP contribution is -2.10. The van der Waals surface area contributed by atoms with Gasteiger partial charge in [-0.15, -0.1) is 0 Å². The van der Waals surface area contributed by atoms with Crippen LogP contribution in [-0.2, 0) is 13.0 Å². The molecule has 0 fully saturated rings. The van der Waals surface area contributed by atoms with Gasteiger partial charge in [0, 0.05) is 22.7 Å². The van der Waals surface area contributed by atoms with Crippen molar-refractivity contribution >= 4 is 23.2 Å². The molecule has 30 heavy (non-hydrogen) atoms. The second-order valence-electron chi connectivity index (χ2n) is 6.79. The molecule has 0 atom stereocenters. The zero-order valence-electron chi connectivity index (χ0n) is 16.2. The number of furan rings is 1. The molecule has 0 aliphatic heterocycles. The summed E-state index contributed by atoms with van der Waals surface area (Å²) in [6.45, 7) is 0.457. The van der Waals surface area contributed by atoms with E-state index in [4.69, 9.17) is 20.8 Å². The third-order valence-electron chi connectivity index (χ3n) is 4.54. The van der Waals surface area contributed by atoms with Gasteiger partial charge < -0.3 is 14.5 Å². The molecule has 0 saturated carbocycles. The zero-order valence-corrected chi connectivity index (χ0v) is 16.9. The van der Waals surface area contributed by atoms with E-state index in [1.807, 2.05) is 72.8 Å². The molecule has 4 nitrogen and oxygen atoms in total. The molecule has 0 spiro atoms. The average Bonchev–Trinajstić information content (AvgIpc) is 3.23. The first-order valence-electron chi connectivity index (χ1n) is 9.57. The van der Waals surface area contributed by atoms with Crippen LogP contribution in [0.2, 0.25) is 5.02 Å². The van der Waals surface area contributed by atoms with E-state index in [2.05, 4.69) is 5.32 Å². The minimum Gasteiger partial charge on any atom is -0.489 e. The van der Waals surface area contributed by atoms with Crippen molar-refractivity contribution in [1.29, 1.82) is 0 Å². The van der Waals surface area contributed by atoms with E-state index in [0.717, 1.165) is 16.9 Å². The molecule has 3 aromatic carbocycles. The largest absolute Gasteiger partial charge is 0.489 e. The third kappa shape index (κ3) is 5.10. The Hall–Kier alpha value is -3.50. The summed E-state index contributed by atoms with van der Waals surface area (Å²) in [5.41, 5.74) is 2.69. The monoisotopic (exact) mass is 417 g/mol.